The molecule has 0 radical (unpaired) electrons. The molecule has 1 aliphatic carbocycles. The van der Waals surface area contributed by atoms with Crippen molar-refractivity contribution in [3.63, 3.8) is 0 Å². The summed E-state index contributed by atoms with van der Waals surface area (Å²) in [6, 6.07) is 96.9. The fourth-order valence-electron chi connectivity index (χ4n) is 11.3. The molecule has 3 heteroatoms. The highest BCUT2D eigenvalue weighted by atomic mass is 16.6. The minimum Gasteiger partial charge on any atom is -0.450 e. The van der Waals surface area contributed by atoms with Crippen LogP contribution in [-0.4, -0.2) is 0 Å². The lowest BCUT2D eigenvalue weighted by molar-refractivity contribution is 0.360. The normalized spacial score (nSPS) is 13.2. The first-order valence-corrected chi connectivity index (χ1v) is 25.1. The number of fused-ring (bicyclic) bond motifs is 7. The van der Waals surface area contributed by atoms with Crippen LogP contribution in [0.5, 0.6) is 23.0 Å². The van der Waals surface area contributed by atoms with Gasteiger partial charge in [-0.2, -0.15) is 0 Å². The topological polar surface area (TPSA) is 21.7 Å². The molecule has 0 N–H and O–H groups in total. The fraction of sp³-hybridized carbons (Fsp3) is 0.0286. The Hall–Kier alpha value is -9.44. The summed E-state index contributed by atoms with van der Waals surface area (Å²) in [5.74, 6) is 2.99. The van der Waals surface area contributed by atoms with Crippen molar-refractivity contribution in [3.05, 3.63) is 284 Å². The summed E-state index contributed by atoms with van der Waals surface area (Å²) in [5.41, 5.74) is 18.9. The zero-order valence-corrected chi connectivity index (χ0v) is 40.0. The minimum atomic E-state index is 0.196. The summed E-state index contributed by atoms with van der Waals surface area (Å²) in [6.45, 7) is 0. The van der Waals surface area contributed by atoms with E-state index in [1.807, 2.05) is 30.3 Å². The van der Waals surface area contributed by atoms with Crippen molar-refractivity contribution in [1.29, 1.82) is 0 Å². The molecule has 1 atom stereocenters. The predicted octanol–water partition coefficient (Wildman–Crippen LogP) is 19.4. The predicted molar refractivity (Wildman–Crippen MR) is 302 cm³/mol. The SMILES string of the molecule is c1cc(-c2ccc3ccccc3c2)cc(N(c2cc(-c3ccc4c(c3)Oc3ccccc3O4)cc(-c3ccc4ccccc4c3)c2)c2cccc(-c3ccccc3C3Cc4ccccc4-c4ccccc43)c2)c1. The van der Waals surface area contributed by atoms with Gasteiger partial charge in [-0.1, -0.05) is 188 Å². The Morgan fingerprint density at radius 2 is 0.740 bits per heavy atom. The monoisotopic (exact) mass is 933 g/mol. The minimum absolute atomic E-state index is 0.196. The Morgan fingerprint density at radius 3 is 1.44 bits per heavy atom. The second kappa shape index (κ2) is 17.8. The van der Waals surface area contributed by atoms with E-state index >= 15 is 0 Å². The molecule has 1 heterocycles. The molecule has 1 aliphatic heterocycles. The Bertz CT molecular complexity index is 4110. The lowest BCUT2D eigenvalue weighted by Crippen LogP contribution is -2.13. The number of hydrogen-bond donors (Lipinski definition) is 0. The van der Waals surface area contributed by atoms with Gasteiger partial charge in [-0.15, -0.1) is 0 Å². The third-order valence-corrected chi connectivity index (χ3v) is 14.8. The first-order valence-electron chi connectivity index (χ1n) is 25.1. The molecule has 73 heavy (non-hydrogen) atoms. The summed E-state index contributed by atoms with van der Waals surface area (Å²) >= 11 is 0. The molecule has 0 spiro atoms. The van der Waals surface area contributed by atoms with E-state index in [4.69, 9.17) is 9.47 Å². The summed E-state index contributed by atoms with van der Waals surface area (Å²) in [6.07, 6.45) is 0.939. The van der Waals surface area contributed by atoms with Crippen LogP contribution in [0.2, 0.25) is 0 Å². The molecule has 0 saturated carbocycles. The molecule has 12 aromatic carbocycles. The van der Waals surface area contributed by atoms with Gasteiger partial charge in [0.1, 0.15) is 0 Å². The smallest absolute Gasteiger partial charge is 0.170 e. The summed E-state index contributed by atoms with van der Waals surface area (Å²) < 4.78 is 12.9. The summed E-state index contributed by atoms with van der Waals surface area (Å²) in [4.78, 5) is 2.44. The van der Waals surface area contributed by atoms with Gasteiger partial charge in [-0.3, -0.25) is 0 Å². The van der Waals surface area contributed by atoms with Crippen molar-refractivity contribution in [3.8, 4) is 78.6 Å². The van der Waals surface area contributed by atoms with Crippen molar-refractivity contribution in [2.45, 2.75) is 12.3 Å². The van der Waals surface area contributed by atoms with Crippen LogP contribution in [0.25, 0.3) is 77.2 Å². The van der Waals surface area contributed by atoms with E-state index in [0.29, 0.717) is 23.0 Å². The summed E-state index contributed by atoms with van der Waals surface area (Å²) in [5, 5.41) is 4.84. The number of hydrogen-bond acceptors (Lipinski definition) is 3. The average Bonchev–Trinajstić information content (AvgIpc) is 3.46. The highest BCUT2D eigenvalue weighted by Crippen LogP contribution is 2.49. The van der Waals surface area contributed by atoms with Gasteiger partial charge in [0.15, 0.2) is 23.0 Å². The maximum Gasteiger partial charge on any atom is 0.170 e. The third-order valence-electron chi connectivity index (χ3n) is 14.8. The van der Waals surface area contributed by atoms with E-state index < -0.39 is 0 Å². The van der Waals surface area contributed by atoms with Crippen LogP contribution in [0.15, 0.2) is 267 Å². The van der Waals surface area contributed by atoms with Gasteiger partial charge in [0.25, 0.3) is 0 Å². The van der Waals surface area contributed by atoms with E-state index in [1.165, 1.54) is 60.5 Å². The molecule has 344 valence electrons. The van der Waals surface area contributed by atoms with Crippen LogP contribution in [0.4, 0.5) is 17.1 Å². The standard InChI is InChI=1S/C70H47NO2/c1-3-17-48-37-51(33-31-46(48)15-1)50-20-13-22-58(40-50)71(59-23-14-21-54(41-59)61-25-7-8-27-64(61)66-44-55-19-5-6-24-62(55)63-26-9-10-28-65(63)66)60-42-56(52-34-32-47-16-2-4-18-49(47)38-52)39-57(43-60)53-35-36-69-70(45-53)73-68-30-12-11-29-67(68)72-69/h1-43,45,66H,44H2. The second-order valence-corrected chi connectivity index (χ2v) is 19.2. The van der Waals surface area contributed by atoms with Crippen LogP contribution < -0.4 is 14.4 Å². The number of benzene rings is 12. The zero-order chi connectivity index (χ0) is 48.2. The van der Waals surface area contributed by atoms with E-state index in [2.05, 4.69) is 241 Å². The van der Waals surface area contributed by atoms with Gasteiger partial charge in [0.2, 0.25) is 0 Å². The van der Waals surface area contributed by atoms with Gasteiger partial charge in [0, 0.05) is 23.0 Å². The summed E-state index contributed by atoms with van der Waals surface area (Å²) in [7, 11) is 0. The fourth-order valence-corrected chi connectivity index (χ4v) is 11.3. The van der Waals surface area contributed by atoms with Crippen molar-refractivity contribution in [1.82, 2.24) is 0 Å². The molecular weight excluding hydrogens is 887 g/mol. The first kappa shape index (κ1) is 42.4. The lowest BCUT2D eigenvalue weighted by atomic mass is 9.74. The molecule has 0 amide bonds. The van der Waals surface area contributed by atoms with Crippen LogP contribution in [0.1, 0.15) is 22.6 Å². The van der Waals surface area contributed by atoms with Gasteiger partial charge in [0.05, 0.1) is 0 Å². The Balaban J connectivity index is 0.956. The van der Waals surface area contributed by atoms with Crippen LogP contribution in [0, 0.1) is 0 Å². The van der Waals surface area contributed by atoms with E-state index in [-0.39, 0.29) is 5.92 Å². The first-order chi connectivity index (χ1) is 36.1. The molecule has 14 rings (SSSR count). The van der Waals surface area contributed by atoms with Gasteiger partial charge in [-0.05, 0) is 179 Å². The van der Waals surface area contributed by atoms with Crippen molar-refractivity contribution in [2.75, 3.05) is 4.90 Å². The highest BCUT2D eigenvalue weighted by Gasteiger charge is 2.28. The van der Waals surface area contributed by atoms with Crippen LogP contribution in [0.3, 0.4) is 0 Å². The Morgan fingerprint density at radius 1 is 0.274 bits per heavy atom. The number of ether oxygens (including phenoxy) is 2. The molecule has 0 fully saturated rings. The second-order valence-electron chi connectivity index (χ2n) is 19.2. The number of rotatable bonds is 8. The maximum absolute atomic E-state index is 6.51. The van der Waals surface area contributed by atoms with Gasteiger partial charge < -0.3 is 14.4 Å². The Labute approximate surface area is 425 Å². The number of nitrogens with zero attached hydrogens (tertiary/aromatic N) is 1. The molecule has 0 bridgehead atoms. The van der Waals surface area contributed by atoms with E-state index in [0.717, 1.165) is 56.9 Å². The van der Waals surface area contributed by atoms with Gasteiger partial charge >= 0.3 is 0 Å². The van der Waals surface area contributed by atoms with Crippen molar-refractivity contribution < 1.29 is 9.47 Å². The molecule has 12 aromatic rings. The van der Waals surface area contributed by atoms with Gasteiger partial charge in [-0.25, -0.2) is 0 Å². The van der Waals surface area contributed by atoms with Crippen molar-refractivity contribution in [2.24, 2.45) is 0 Å². The Kier molecular flexibility index (Phi) is 10.3. The molecule has 2 aliphatic rings. The lowest BCUT2D eigenvalue weighted by Gasteiger charge is -2.30. The number of para-hydroxylation sites is 2. The molecule has 3 nitrogen and oxygen atoms in total. The molecule has 1 unspecified atom stereocenters. The largest absolute Gasteiger partial charge is 0.450 e. The highest BCUT2D eigenvalue weighted by molar-refractivity contribution is 5.93. The third kappa shape index (κ3) is 7.80. The van der Waals surface area contributed by atoms with Crippen LogP contribution in [-0.2, 0) is 6.42 Å². The van der Waals surface area contributed by atoms with Crippen molar-refractivity contribution >= 4 is 38.6 Å². The van der Waals surface area contributed by atoms with E-state index in [9.17, 15) is 0 Å². The molecule has 0 aromatic heterocycles. The average molecular weight is 934 g/mol. The maximum atomic E-state index is 6.51. The van der Waals surface area contributed by atoms with E-state index in [1.54, 1.807) is 0 Å². The quantitative estimate of drug-likeness (QED) is 0.152. The molecule has 0 saturated heterocycles. The number of anilines is 3. The van der Waals surface area contributed by atoms with Crippen LogP contribution >= 0.6 is 0 Å². The molecular formula is C70H47NO2. The zero-order valence-electron chi connectivity index (χ0n) is 40.0.